The number of benzene rings is 1. The zero-order chi connectivity index (χ0) is 10.6. The Balaban J connectivity index is 2.78. The summed E-state index contributed by atoms with van der Waals surface area (Å²) in [7, 11) is 0. The van der Waals surface area contributed by atoms with Gasteiger partial charge in [-0.1, -0.05) is 46.6 Å². The van der Waals surface area contributed by atoms with Crippen molar-refractivity contribution in [2.75, 3.05) is 0 Å². The van der Waals surface area contributed by atoms with Crippen LogP contribution in [0.2, 0.25) is 0 Å². The maximum atomic E-state index is 10.4. The normalized spacial score (nSPS) is 11.2. The molecule has 0 heterocycles. The highest BCUT2D eigenvalue weighted by Gasteiger charge is 2.00. The van der Waals surface area contributed by atoms with E-state index >= 15 is 0 Å². The van der Waals surface area contributed by atoms with Crippen LogP contribution in [0.5, 0.6) is 0 Å². The third kappa shape index (κ3) is 3.18. The third-order valence-electron chi connectivity index (χ3n) is 1.54. The molecule has 3 nitrogen and oxygen atoms in total. The molecule has 1 aromatic rings. The van der Waals surface area contributed by atoms with E-state index < -0.39 is 5.97 Å². The van der Waals surface area contributed by atoms with Crippen molar-refractivity contribution in [3.8, 4) is 0 Å². The van der Waals surface area contributed by atoms with Crippen LogP contribution >= 0.6 is 11.6 Å². The molecule has 0 bridgehead atoms. The molecule has 74 valence electrons. The van der Waals surface area contributed by atoms with Gasteiger partial charge in [0.25, 0.3) is 0 Å². The Morgan fingerprint density at radius 1 is 1.36 bits per heavy atom. The fraction of sp³-hybridized carbons (Fsp3) is 0.200. The lowest BCUT2D eigenvalue weighted by Gasteiger charge is -1.98. The number of oxime groups is 1. The molecule has 0 saturated heterocycles. The monoisotopic (exact) mass is 211 g/mol. The van der Waals surface area contributed by atoms with Gasteiger partial charge < -0.3 is 4.84 Å². The molecule has 0 saturated carbocycles. The minimum atomic E-state index is -0.490. The summed E-state index contributed by atoms with van der Waals surface area (Å²) in [5, 5.41) is 3.62. The van der Waals surface area contributed by atoms with Crippen LogP contribution in [0.4, 0.5) is 0 Å². The molecule has 0 N–H and O–H groups in total. The molecule has 0 aliphatic rings. The van der Waals surface area contributed by atoms with Crippen LogP contribution in [-0.4, -0.2) is 11.1 Å². The molecule has 0 aliphatic carbocycles. The lowest BCUT2D eigenvalue weighted by Crippen LogP contribution is -1.97. The zero-order valence-corrected chi connectivity index (χ0v) is 8.71. The van der Waals surface area contributed by atoms with Crippen LogP contribution in [0.1, 0.15) is 18.1 Å². The van der Waals surface area contributed by atoms with Gasteiger partial charge in [-0.25, -0.2) is 4.79 Å². The van der Waals surface area contributed by atoms with Gasteiger partial charge in [0, 0.05) is 12.5 Å². The minimum absolute atomic E-state index is 0.167. The highest BCUT2D eigenvalue weighted by molar-refractivity contribution is 6.69. The molecule has 14 heavy (non-hydrogen) atoms. The number of nitrogens with zero attached hydrogens (tertiary/aromatic N) is 1. The van der Waals surface area contributed by atoms with Crippen LogP contribution in [0.25, 0.3) is 0 Å². The topological polar surface area (TPSA) is 38.7 Å². The van der Waals surface area contributed by atoms with Crippen molar-refractivity contribution >= 4 is 22.7 Å². The molecule has 0 atom stereocenters. The van der Waals surface area contributed by atoms with Crippen LogP contribution in [0.15, 0.2) is 29.4 Å². The molecule has 0 unspecified atom stereocenters. The average molecular weight is 212 g/mol. The fourth-order valence-corrected chi connectivity index (χ4v) is 1.01. The number of hydrogen-bond acceptors (Lipinski definition) is 3. The van der Waals surface area contributed by atoms with Crippen molar-refractivity contribution in [3.63, 3.8) is 0 Å². The first kappa shape index (κ1) is 10.7. The van der Waals surface area contributed by atoms with E-state index in [2.05, 4.69) is 9.99 Å². The van der Waals surface area contributed by atoms with Gasteiger partial charge in [0.2, 0.25) is 0 Å². The Hall–Kier alpha value is -1.35. The molecule has 1 aromatic carbocycles. The number of halogens is 1. The van der Waals surface area contributed by atoms with Crippen molar-refractivity contribution in [2.45, 2.75) is 13.8 Å². The predicted molar refractivity (Wildman–Crippen MR) is 55.3 cm³/mol. The summed E-state index contributed by atoms with van der Waals surface area (Å²) in [5.74, 6) is -0.490. The predicted octanol–water partition coefficient (Wildman–Crippen LogP) is 2.46. The molecule has 4 heteroatoms. The van der Waals surface area contributed by atoms with Crippen molar-refractivity contribution in [2.24, 2.45) is 5.16 Å². The molecule has 0 aromatic heterocycles. The lowest BCUT2D eigenvalue weighted by molar-refractivity contribution is -0.140. The van der Waals surface area contributed by atoms with Gasteiger partial charge in [-0.15, -0.1) is 0 Å². The van der Waals surface area contributed by atoms with Crippen LogP contribution < -0.4 is 0 Å². The summed E-state index contributed by atoms with van der Waals surface area (Å²) < 4.78 is 0. The quantitative estimate of drug-likeness (QED) is 0.428. The summed E-state index contributed by atoms with van der Waals surface area (Å²) in [4.78, 5) is 14.9. The van der Waals surface area contributed by atoms with Crippen molar-refractivity contribution in [1.82, 2.24) is 0 Å². The van der Waals surface area contributed by atoms with E-state index in [1.165, 1.54) is 6.92 Å². The second-order valence-electron chi connectivity index (χ2n) is 2.83. The maximum Gasteiger partial charge on any atom is 0.332 e. The highest BCUT2D eigenvalue weighted by atomic mass is 35.5. The van der Waals surface area contributed by atoms with Crippen molar-refractivity contribution < 1.29 is 9.63 Å². The highest BCUT2D eigenvalue weighted by Crippen LogP contribution is 2.07. The lowest BCUT2D eigenvalue weighted by atomic mass is 10.2. The number of rotatable bonds is 2. The molecule has 0 spiro atoms. The van der Waals surface area contributed by atoms with Gasteiger partial charge in [-0.2, -0.15) is 0 Å². The number of carbonyl (C=O) groups excluding carboxylic acids is 1. The Morgan fingerprint density at radius 3 is 2.43 bits per heavy atom. The number of hydrogen-bond donors (Lipinski definition) is 0. The molecular weight excluding hydrogens is 202 g/mol. The first-order chi connectivity index (χ1) is 6.59. The largest absolute Gasteiger partial charge is 0.332 e. The summed E-state index contributed by atoms with van der Waals surface area (Å²) in [5.41, 5.74) is 1.85. The minimum Gasteiger partial charge on any atom is -0.317 e. The van der Waals surface area contributed by atoms with Gasteiger partial charge in [0.1, 0.15) is 0 Å². The summed E-state index contributed by atoms with van der Waals surface area (Å²) >= 11 is 5.78. The number of aryl methyl sites for hydroxylation is 1. The van der Waals surface area contributed by atoms with E-state index in [1.54, 1.807) is 0 Å². The summed E-state index contributed by atoms with van der Waals surface area (Å²) in [6.07, 6.45) is 0. The van der Waals surface area contributed by atoms with Gasteiger partial charge >= 0.3 is 5.97 Å². The van der Waals surface area contributed by atoms with Crippen molar-refractivity contribution in [1.29, 1.82) is 0 Å². The van der Waals surface area contributed by atoms with Crippen LogP contribution in [-0.2, 0) is 9.63 Å². The third-order valence-corrected chi connectivity index (χ3v) is 1.83. The van der Waals surface area contributed by atoms with Gasteiger partial charge in [-0.3, -0.25) is 0 Å². The standard InChI is InChI=1S/C10H10ClNO2/c1-7-3-5-9(6-4-7)10(11)12-14-8(2)13/h3-6H,1-2H3/b12-10+. The van der Waals surface area contributed by atoms with Gasteiger partial charge in [-0.05, 0) is 6.92 Å². The van der Waals surface area contributed by atoms with E-state index in [0.717, 1.165) is 11.1 Å². The van der Waals surface area contributed by atoms with E-state index in [9.17, 15) is 4.79 Å². The van der Waals surface area contributed by atoms with Gasteiger partial charge in [0.05, 0.1) is 0 Å². The van der Waals surface area contributed by atoms with Crippen LogP contribution in [0, 0.1) is 6.92 Å². The first-order valence-corrected chi connectivity index (χ1v) is 4.45. The molecule has 1 rings (SSSR count). The van der Waals surface area contributed by atoms with E-state index in [-0.39, 0.29) is 5.17 Å². The first-order valence-electron chi connectivity index (χ1n) is 4.07. The summed E-state index contributed by atoms with van der Waals surface area (Å²) in [6.45, 7) is 3.24. The molecular formula is C10H10ClNO2. The fourth-order valence-electron chi connectivity index (χ4n) is 0.848. The van der Waals surface area contributed by atoms with Crippen molar-refractivity contribution in [3.05, 3.63) is 35.4 Å². The maximum absolute atomic E-state index is 10.4. The van der Waals surface area contributed by atoms with Crippen LogP contribution in [0.3, 0.4) is 0 Å². The SMILES string of the molecule is CC(=O)O/N=C(/Cl)c1ccc(C)cc1. The van der Waals surface area contributed by atoms with E-state index in [1.807, 2.05) is 31.2 Å². The van der Waals surface area contributed by atoms with Gasteiger partial charge in [0.15, 0.2) is 5.17 Å². The zero-order valence-electron chi connectivity index (χ0n) is 7.95. The Bertz CT molecular complexity index is 357. The molecule has 0 radical (unpaired) electrons. The Kier molecular flexibility index (Phi) is 3.65. The smallest absolute Gasteiger partial charge is 0.317 e. The Labute approximate surface area is 87.3 Å². The van der Waals surface area contributed by atoms with E-state index in [0.29, 0.717) is 0 Å². The number of carbonyl (C=O) groups is 1. The molecule has 0 amide bonds. The second-order valence-corrected chi connectivity index (χ2v) is 3.19. The summed E-state index contributed by atoms with van der Waals surface area (Å²) in [6, 6.07) is 7.43. The molecule has 0 aliphatic heterocycles. The average Bonchev–Trinajstić information content (AvgIpc) is 2.15. The second kappa shape index (κ2) is 4.77. The van der Waals surface area contributed by atoms with E-state index in [4.69, 9.17) is 11.6 Å². The Morgan fingerprint density at radius 2 is 1.93 bits per heavy atom. The molecule has 0 fully saturated rings.